The Morgan fingerprint density at radius 2 is 1.74 bits per heavy atom. The Labute approximate surface area is 117 Å². The van der Waals surface area contributed by atoms with Crippen LogP contribution in [0.1, 0.15) is 11.6 Å². The SMILES string of the molecule is CSc1ccc(NC(=O)C(N)c2ccccc2)cc1. The van der Waals surface area contributed by atoms with Crippen molar-refractivity contribution in [3.8, 4) is 0 Å². The number of anilines is 1. The summed E-state index contributed by atoms with van der Waals surface area (Å²) in [5.41, 5.74) is 7.49. The molecule has 3 nitrogen and oxygen atoms in total. The first-order valence-electron chi connectivity index (χ1n) is 5.96. The van der Waals surface area contributed by atoms with Crippen molar-refractivity contribution in [3.05, 3.63) is 60.2 Å². The van der Waals surface area contributed by atoms with Gasteiger partial charge < -0.3 is 11.1 Å². The van der Waals surface area contributed by atoms with Crippen LogP contribution in [0.15, 0.2) is 59.5 Å². The minimum Gasteiger partial charge on any atom is -0.324 e. The molecule has 1 unspecified atom stereocenters. The number of benzene rings is 2. The maximum atomic E-state index is 12.0. The summed E-state index contributed by atoms with van der Waals surface area (Å²) in [6.07, 6.45) is 2.01. The number of carbonyl (C=O) groups excluding carboxylic acids is 1. The van der Waals surface area contributed by atoms with Crippen LogP contribution in [0.3, 0.4) is 0 Å². The Kier molecular flexibility index (Phi) is 4.60. The lowest BCUT2D eigenvalue weighted by atomic mass is 10.1. The minimum absolute atomic E-state index is 0.205. The Hall–Kier alpha value is -1.78. The first kappa shape index (κ1) is 13.6. The average Bonchev–Trinajstić information content (AvgIpc) is 2.48. The Morgan fingerprint density at radius 3 is 2.32 bits per heavy atom. The summed E-state index contributed by atoms with van der Waals surface area (Å²) in [6, 6.07) is 16.4. The molecule has 0 aliphatic heterocycles. The number of rotatable bonds is 4. The van der Waals surface area contributed by atoms with Gasteiger partial charge >= 0.3 is 0 Å². The highest BCUT2D eigenvalue weighted by Crippen LogP contribution is 2.18. The summed E-state index contributed by atoms with van der Waals surface area (Å²) in [5.74, 6) is -0.205. The lowest BCUT2D eigenvalue weighted by molar-refractivity contribution is -0.117. The van der Waals surface area contributed by atoms with Crippen LogP contribution in [0, 0.1) is 0 Å². The molecule has 98 valence electrons. The zero-order chi connectivity index (χ0) is 13.7. The standard InChI is InChI=1S/C15H16N2OS/c1-19-13-9-7-12(8-10-13)17-15(18)14(16)11-5-3-2-4-6-11/h2-10,14H,16H2,1H3,(H,17,18). The highest BCUT2D eigenvalue weighted by molar-refractivity contribution is 7.98. The van der Waals surface area contributed by atoms with E-state index in [1.54, 1.807) is 11.8 Å². The zero-order valence-electron chi connectivity index (χ0n) is 10.7. The second-order valence-corrected chi connectivity index (χ2v) is 4.99. The lowest BCUT2D eigenvalue weighted by Gasteiger charge is -2.12. The quantitative estimate of drug-likeness (QED) is 0.841. The van der Waals surface area contributed by atoms with Crippen molar-refractivity contribution in [3.63, 3.8) is 0 Å². The molecule has 0 bridgehead atoms. The molecule has 0 aromatic heterocycles. The van der Waals surface area contributed by atoms with Crippen molar-refractivity contribution in [1.29, 1.82) is 0 Å². The number of carbonyl (C=O) groups is 1. The van der Waals surface area contributed by atoms with Crippen molar-refractivity contribution >= 4 is 23.4 Å². The van der Waals surface area contributed by atoms with E-state index < -0.39 is 6.04 Å². The van der Waals surface area contributed by atoms with Crippen molar-refractivity contribution < 1.29 is 4.79 Å². The molecule has 4 heteroatoms. The van der Waals surface area contributed by atoms with Crippen LogP contribution in [0.4, 0.5) is 5.69 Å². The molecule has 19 heavy (non-hydrogen) atoms. The molecule has 0 heterocycles. The molecule has 2 aromatic carbocycles. The van der Waals surface area contributed by atoms with Gasteiger partial charge in [-0.3, -0.25) is 4.79 Å². The van der Waals surface area contributed by atoms with Gasteiger partial charge in [-0.1, -0.05) is 30.3 Å². The first-order valence-corrected chi connectivity index (χ1v) is 7.18. The number of nitrogens with one attached hydrogen (secondary N) is 1. The predicted molar refractivity (Wildman–Crippen MR) is 80.2 cm³/mol. The van der Waals surface area contributed by atoms with Gasteiger partial charge in [-0.25, -0.2) is 0 Å². The second-order valence-electron chi connectivity index (χ2n) is 4.11. The normalized spacial score (nSPS) is 11.9. The highest BCUT2D eigenvalue weighted by atomic mass is 32.2. The molecular weight excluding hydrogens is 256 g/mol. The van der Waals surface area contributed by atoms with E-state index in [1.807, 2.05) is 60.9 Å². The molecule has 0 radical (unpaired) electrons. The third-order valence-corrected chi connectivity index (χ3v) is 3.54. The molecule has 3 N–H and O–H groups in total. The van der Waals surface area contributed by atoms with E-state index in [9.17, 15) is 4.79 Å². The largest absolute Gasteiger partial charge is 0.324 e. The lowest BCUT2D eigenvalue weighted by Crippen LogP contribution is -2.27. The molecule has 0 saturated carbocycles. The van der Waals surface area contributed by atoms with Gasteiger partial charge in [0, 0.05) is 10.6 Å². The van der Waals surface area contributed by atoms with E-state index in [0.29, 0.717) is 0 Å². The molecule has 0 saturated heterocycles. The molecule has 2 rings (SSSR count). The van der Waals surface area contributed by atoms with Gasteiger partial charge in [0.05, 0.1) is 0 Å². The van der Waals surface area contributed by atoms with Crippen molar-refractivity contribution in [2.45, 2.75) is 10.9 Å². The van der Waals surface area contributed by atoms with Crippen LogP contribution >= 0.6 is 11.8 Å². The molecule has 0 aliphatic carbocycles. The fourth-order valence-corrected chi connectivity index (χ4v) is 2.11. The average molecular weight is 272 g/mol. The Bertz CT molecular complexity index is 540. The van der Waals surface area contributed by atoms with E-state index in [2.05, 4.69) is 5.32 Å². The van der Waals surface area contributed by atoms with Crippen molar-refractivity contribution in [1.82, 2.24) is 0 Å². The Balaban J connectivity index is 2.04. The van der Waals surface area contributed by atoms with E-state index in [0.717, 1.165) is 16.1 Å². The number of hydrogen-bond acceptors (Lipinski definition) is 3. The Morgan fingerprint density at radius 1 is 1.11 bits per heavy atom. The molecule has 0 spiro atoms. The van der Waals surface area contributed by atoms with Crippen LogP contribution in [-0.2, 0) is 4.79 Å². The van der Waals surface area contributed by atoms with Crippen LogP contribution in [0.5, 0.6) is 0 Å². The molecule has 1 amide bonds. The molecule has 1 atom stereocenters. The van der Waals surface area contributed by atoms with Gasteiger partial charge in [0.2, 0.25) is 5.91 Å². The van der Waals surface area contributed by atoms with Gasteiger partial charge in [-0.2, -0.15) is 0 Å². The van der Waals surface area contributed by atoms with E-state index >= 15 is 0 Å². The van der Waals surface area contributed by atoms with Crippen LogP contribution in [-0.4, -0.2) is 12.2 Å². The maximum Gasteiger partial charge on any atom is 0.245 e. The number of hydrogen-bond donors (Lipinski definition) is 2. The summed E-state index contributed by atoms with van der Waals surface area (Å²) in [5, 5.41) is 2.82. The van der Waals surface area contributed by atoms with Gasteiger partial charge in [-0.15, -0.1) is 11.8 Å². The van der Waals surface area contributed by atoms with Crippen LogP contribution in [0.25, 0.3) is 0 Å². The fourth-order valence-electron chi connectivity index (χ4n) is 1.71. The summed E-state index contributed by atoms with van der Waals surface area (Å²) in [4.78, 5) is 13.2. The van der Waals surface area contributed by atoms with Gasteiger partial charge in [0.15, 0.2) is 0 Å². The summed E-state index contributed by atoms with van der Waals surface area (Å²) >= 11 is 1.66. The third-order valence-electron chi connectivity index (χ3n) is 2.80. The van der Waals surface area contributed by atoms with E-state index in [1.165, 1.54) is 0 Å². The summed E-state index contributed by atoms with van der Waals surface area (Å²) < 4.78 is 0. The topological polar surface area (TPSA) is 55.1 Å². The molecular formula is C15H16N2OS. The monoisotopic (exact) mass is 272 g/mol. The highest BCUT2D eigenvalue weighted by Gasteiger charge is 2.15. The number of thioether (sulfide) groups is 1. The smallest absolute Gasteiger partial charge is 0.245 e. The fraction of sp³-hybridized carbons (Fsp3) is 0.133. The van der Waals surface area contributed by atoms with Gasteiger partial charge in [-0.05, 0) is 36.1 Å². The molecule has 0 aliphatic rings. The van der Waals surface area contributed by atoms with E-state index in [-0.39, 0.29) is 5.91 Å². The van der Waals surface area contributed by atoms with Crippen molar-refractivity contribution in [2.24, 2.45) is 5.73 Å². The molecule has 0 fully saturated rings. The number of nitrogens with two attached hydrogens (primary N) is 1. The minimum atomic E-state index is -0.651. The van der Waals surface area contributed by atoms with Gasteiger partial charge in [0.1, 0.15) is 6.04 Å². The zero-order valence-corrected chi connectivity index (χ0v) is 11.5. The summed E-state index contributed by atoms with van der Waals surface area (Å²) in [7, 11) is 0. The van der Waals surface area contributed by atoms with E-state index in [4.69, 9.17) is 5.73 Å². The molecule has 2 aromatic rings. The van der Waals surface area contributed by atoms with Gasteiger partial charge in [0.25, 0.3) is 0 Å². The number of amides is 1. The predicted octanol–water partition coefficient (Wildman–Crippen LogP) is 3.05. The van der Waals surface area contributed by atoms with Crippen LogP contribution in [0.2, 0.25) is 0 Å². The van der Waals surface area contributed by atoms with Crippen LogP contribution < -0.4 is 11.1 Å². The maximum absolute atomic E-state index is 12.0. The van der Waals surface area contributed by atoms with Crippen molar-refractivity contribution in [2.75, 3.05) is 11.6 Å². The first-order chi connectivity index (χ1) is 9.20. The third kappa shape index (κ3) is 3.59. The second kappa shape index (κ2) is 6.41. The summed E-state index contributed by atoms with van der Waals surface area (Å²) in [6.45, 7) is 0.